The maximum absolute atomic E-state index is 12.4. The average Bonchev–Trinajstić information content (AvgIpc) is 2.99. The highest BCUT2D eigenvalue weighted by Gasteiger charge is 2.29. The summed E-state index contributed by atoms with van der Waals surface area (Å²) in [5.41, 5.74) is 0.471. The molecule has 8 nitrogen and oxygen atoms in total. The Balaban J connectivity index is 0.00000169. The van der Waals surface area contributed by atoms with E-state index in [1.807, 2.05) is 0 Å². The normalized spacial score (nSPS) is 23.0. The summed E-state index contributed by atoms with van der Waals surface area (Å²) in [7, 11) is -3.73. The monoisotopic (exact) mass is 426 g/mol. The summed E-state index contributed by atoms with van der Waals surface area (Å²) in [4.78, 5) is 14.2. The number of carbonyl (C=O) groups excluding carboxylic acids is 1. The van der Waals surface area contributed by atoms with Crippen LogP contribution in [0.4, 0.5) is 0 Å². The third-order valence-corrected chi connectivity index (χ3v) is 5.81. The summed E-state index contributed by atoms with van der Waals surface area (Å²) < 4.78 is 27.2. The first-order chi connectivity index (χ1) is 11.5. The van der Waals surface area contributed by atoms with Crippen LogP contribution in [-0.2, 0) is 10.0 Å². The van der Waals surface area contributed by atoms with E-state index in [1.54, 1.807) is 4.90 Å². The molecule has 148 valence electrons. The lowest BCUT2D eigenvalue weighted by atomic mass is 10.2. The van der Waals surface area contributed by atoms with E-state index in [4.69, 9.17) is 0 Å². The Bertz CT molecular complexity index is 696. The zero-order valence-electron chi connectivity index (χ0n) is 14.1. The van der Waals surface area contributed by atoms with E-state index >= 15 is 0 Å². The van der Waals surface area contributed by atoms with Crippen molar-refractivity contribution in [2.75, 3.05) is 39.3 Å². The molecule has 0 aliphatic carbocycles. The predicted molar refractivity (Wildman–Crippen MR) is 103 cm³/mol. The molecule has 4 N–H and O–H groups in total. The summed E-state index contributed by atoms with van der Waals surface area (Å²) in [6.07, 6.45) is -0.742. The number of nitrogens with zero attached hydrogens (tertiary/aromatic N) is 1. The van der Waals surface area contributed by atoms with Crippen LogP contribution >= 0.6 is 24.8 Å². The van der Waals surface area contributed by atoms with Gasteiger partial charge in [-0.3, -0.25) is 4.79 Å². The fraction of sp³-hybridized carbons (Fsp3) is 0.533. The van der Waals surface area contributed by atoms with Crippen molar-refractivity contribution in [2.24, 2.45) is 0 Å². The van der Waals surface area contributed by atoms with Gasteiger partial charge in [0.25, 0.3) is 5.91 Å². The third-order valence-electron chi connectivity index (χ3n) is 4.30. The highest BCUT2D eigenvalue weighted by molar-refractivity contribution is 7.89. The molecular formula is C15H24Cl2N4O4S. The van der Waals surface area contributed by atoms with Crippen LogP contribution in [0.25, 0.3) is 0 Å². The van der Waals surface area contributed by atoms with Crippen molar-refractivity contribution in [3.05, 3.63) is 29.8 Å². The van der Waals surface area contributed by atoms with Gasteiger partial charge < -0.3 is 20.6 Å². The van der Waals surface area contributed by atoms with Gasteiger partial charge in [0, 0.05) is 44.8 Å². The van der Waals surface area contributed by atoms with Crippen LogP contribution in [0.15, 0.2) is 29.2 Å². The van der Waals surface area contributed by atoms with Crippen LogP contribution in [0.2, 0.25) is 0 Å². The van der Waals surface area contributed by atoms with Crippen molar-refractivity contribution in [2.45, 2.75) is 17.0 Å². The van der Waals surface area contributed by atoms with Crippen molar-refractivity contribution in [1.29, 1.82) is 0 Å². The molecule has 0 bridgehead atoms. The summed E-state index contributed by atoms with van der Waals surface area (Å²) in [6, 6.07) is 5.36. The molecule has 0 saturated carbocycles. The molecule has 11 heteroatoms. The first kappa shape index (κ1) is 23.1. The molecule has 0 unspecified atom stereocenters. The molecule has 2 aliphatic rings. The molecule has 1 amide bonds. The number of aliphatic hydroxyl groups is 1. The molecule has 2 heterocycles. The van der Waals surface area contributed by atoms with Crippen LogP contribution in [-0.4, -0.2) is 75.7 Å². The van der Waals surface area contributed by atoms with E-state index in [1.165, 1.54) is 24.3 Å². The molecule has 1 aromatic carbocycles. The number of piperazine rings is 1. The van der Waals surface area contributed by atoms with Crippen molar-refractivity contribution >= 4 is 40.7 Å². The second-order valence-electron chi connectivity index (χ2n) is 6.02. The molecule has 1 aromatic rings. The smallest absolute Gasteiger partial charge is 0.253 e. The van der Waals surface area contributed by atoms with Crippen LogP contribution in [0, 0.1) is 0 Å². The number of rotatable bonds is 4. The van der Waals surface area contributed by atoms with E-state index in [-0.39, 0.29) is 35.6 Å². The average molecular weight is 427 g/mol. The molecule has 0 spiro atoms. The zero-order chi connectivity index (χ0) is 17.2. The SMILES string of the molecule is Cl.Cl.O=C(c1ccc(S(=O)(=O)N[C@@H]2CNC[C@H]2O)cc1)N1CCNCC1. The van der Waals surface area contributed by atoms with Crippen LogP contribution in [0.5, 0.6) is 0 Å². The number of halogens is 2. The predicted octanol–water partition coefficient (Wildman–Crippen LogP) is -0.813. The second-order valence-corrected chi connectivity index (χ2v) is 7.73. The van der Waals surface area contributed by atoms with E-state index < -0.39 is 22.2 Å². The highest BCUT2D eigenvalue weighted by Crippen LogP contribution is 2.14. The van der Waals surface area contributed by atoms with Gasteiger partial charge >= 0.3 is 0 Å². The molecule has 3 rings (SSSR count). The molecule has 0 aromatic heterocycles. The zero-order valence-corrected chi connectivity index (χ0v) is 16.5. The van der Waals surface area contributed by atoms with Gasteiger partial charge in [0.05, 0.1) is 17.0 Å². The lowest BCUT2D eigenvalue weighted by Crippen LogP contribution is -2.46. The van der Waals surface area contributed by atoms with Crippen molar-refractivity contribution in [3.8, 4) is 0 Å². The van der Waals surface area contributed by atoms with E-state index in [0.717, 1.165) is 13.1 Å². The van der Waals surface area contributed by atoms with Crippen molar-refractivity contribution in [3.63, 3.8) is 0 Å². The van der Waals surface area contributed by atoms with Gasteiger partial charge in [0.15, 0.2) is 0 Å². The van der Waals surface area contributed by atoms with Gasteiger partial charge in [-0.25, -0.2) is 13.1 Å². The van der Waals surface area contributed by atoms with Crippen molar-refractivity contribution < 1.29 is 18.3 Å². The van der Waals surface area contributed by atoms with Crippen LogP contribution in [0.1, 0.15) is 10.4 Å². The fourth-order valence-corrected chi connectivity index (χ4v) is 4.15. The topological polar surface area (TPSA) is 111 Å². The standard InChI is InChI=1S/C15H22N4O4S.2ClH/c20-14-10-17-9-13(14)18-24(22,23)12-3-1-11(2-4-12)15(21)19-7-5-16-6-8-19;;/h1-4,13-14,16-18,20H,5-10H2;2*1H/t13-,14-;;/m1../s1. The lowest BCUT2D eigenvalue weighted by molar-refractivity contribution is 0.0735. The fourth-order valence-electron chi connectivity index (χ4n) is 2.88. The van der Waals surface area contributed by atoms with E-state index in [9.17, 15) is 18.3 Å². The number of amides is 1. The maximum Gasteiger partial charge on any atom is 0.253 e. The Kier molecular flexibility index (Phi) is 8.74. The summed E-state index contributed by atoms with van der Waals surface area (Å²) in [6.45, 7) is 3.57. The van der Waals surface area contributed by atoms with Gasteiger partial charge in [0.1, 0.15) is 0 Å². The summed E-state index contributed by atoms with van der Waals surface area (Å²) in [5.74, 6) is -0.0937. The molecule has 26 heavy (non-hydrogen) atoms. The number of β-amino-alcohol motifs (C(OH)–C–C–N with tert-alkyl or cyclic N) is 1. The highest BCUT2D eigenvalue weighted by atomic mass is 35.5. The first-order valence-electron chi connectivity index (χ1n) is 7.98. The molecular weight excluding hydrogens is 403 g/mol. The van der Waals surface area contributed by atoms with Crippen LogP contribution < -0.4 is 15.4 Å². The van der Waals surface area contributed by atoms with Gasteiger partial charge in [-0.05, 0) is 24.3 Å². The molecule has 2 saturated heterocycles. The summed E-state index contributed by atoms with van der Waals surface area (Å²) >= 11 is 0. The number of nitrogens with one attached hydrogen (secondary N) is 3. The number of hydrogen-bond acceptors (Lipinski definition) is 6. The number of sulfonamides is 1. The van der Waals surface area contributed by atoms with E-state index in [2.05, 4.69) is 15.4 Å². The lowest BCUT2D eigenvalue weighted by Gasteiger charge is -2.27. The Morgan fingerprint density at radius 2 is 1.69 bits per heavy atom. The maximum atomic E-state index is 12.4. The van der Waals surface area contributed by atoms with Gasteiger partial charge in [-0.1, -0.05) is 0 Å². The number of carbonyl (C=O) groups is 1. The largest absolute Gasteiger partial charge is 0.390 e. The number of aliphatic hydroxyl groups excluding tert-OH is 1. The minimum absolute atomic E-state index is 0. The Morgan fingerprint density at radius 1 is 1.08 bits per heavy atom. The quantitative estimate of drug-likeness (QED) is 0.500. The van der Waals surface area contributed by atoms with Crippen LogP contribution in [0.3, 0.4) is 0 Å². The Labute approximate surface area is 165 Å². The van der Waals surface area contributed by atoms with Gasteiger partial charge in [-0.2, -0.15) is 0 Å². The van der Waals surface area contributed by atoms with Crippen molar-refractivity contribution in [1.82, 2.24) is 20.3 Å². The number of benzene rings is 1. The van der Waals surface area contributed by atoms with Gasteiger partial charge in [-0.15, -0.1) is 24.8 Å². The molecule has 2 atom stereocenters. The minimum atomic E-state index is -3.73. The Hall–Kier alpha value is -0.940. The minimum Gasteiger partial charge on any atom is -0.390 e. The molecule has 0 radical (unpaired) electrons. The molecule has 2 fully saturated rings. The first-order valence-corrected chi connectivity index (χ1v) is 9.47. The molecule has 2 aliphatic heterocycles. The van der Waals surface area contributed by atoms with Gasteiger partial charge in [0.2, 0.25) is 10.0 Å². The number of hydrogen-bond donors (Lipinski definition) is 4. The van der Waals surface area contributed by atoms with E-state index in [0.29, 0.717) is 31.7 Å². The Morgan fingerprint density at radius 3 is 2.23 bits per heavy atom. The summed E-state index contributed by atoms with van der Waals surface area (Å²) in [5, 5.41) is 15.8. The third kappa shape index (κ3) is 5.29. The second kappa shape index (κ2) is 9.84.